The zero-order valence-electron chi connectivity index (χ0n) is 7.19. The van der Waals surface area contributed by atoms with E-state index >= 15 is 0 Å². The van der Waals surface area contributed by atoms with E-state index in [0.29, 0.717) is 5.69 Å². The van der Waals surface area contributed by atoms with Crippen molar-refractivity contribution in [1.29, 1.82) is 0 Å². The van der Waals surface area contributed by atoms with E-state index in [1.165, 1.54) is 6.26 Å². The molecule has 1 aromatic carbocycles. The van der Waals surface area contributed by atoms with Crippen molar-refractivity contribution in [3.63, 3.8) is 0 Å². The maximum atomic E-state index is 10.9. The van der Waals surface area contributed by atoms with Crippen LogP contribution in [0.5, 0.6) is 0 Å². The third-order valence-corrected chi connectivity index (χ3v) is 2.35. The second-order valence-corrected chi connectivity index (χ2v) is 4.99. The van der Waals surface area contributed by atoms with E-state index in [9.17, 15) is 8.42 Å². The molecule has 0 spiro atoms. The zero-order chi connectivity index (χ0) is 9.90. The molecule has 3 nitrogen and oxygen atoms in total. The number of hydrogen-bond acceptors (Lipinski definition) is 2. The molecule has 0 radical (unpaired) electrons. The highest BCUT2D eigenvalue weighted by molar-refractivity contribution is 7.89. The van der Waals surface area contributed by atoms with E-state index in [1.54, 1.807) is 24.3 Å². The zero-order valence-corrected chi connectivity index (χ0v) is 8.00. The molecule has 4 heteroatoms. The summed E-state index contributed by atoms with van der Waals surface area (Å²) in [6.45, 7) is 6.70. The SMILES string of the molecule is [C-]#[N+]c1ccc(CS(C)(=O)=O)cc1. The molecular weight excluding hydrogens is 186 g/mol. The van der Waals surface area contributed by atoms with Crippen LogP contribution in [0.15, 0.2) is 24.3 Å². The Labute approximate surface area is 77.8 Å². The van der Waals surface area contributed by atoms with Crippen molar-refractivity contribution in [1.82, 2.24) is 0 Å². The monoisotopic (exact) mass is 195 g/mol. The van der Waals surface area contributed by atoms with Crippen molar-refractivity contribution in [3.05, 3.63) is 41.2 Å². The van der Waals surface area contributed by atoms with Gasteiger partial charge in [-0.25, -0.2) is 13.3 Å². The first-order chi connectivity index (χ1) is 6.01. The molecular formula is C9H9NO2S. The Balaban J connectivity index is 2.89. The van der Waals surface area contributed by atoms with Crippen molar-refractivity contribution in [2.75, 3.05) is 6.26 Å². The molecule has 0 aliphatic carbocycles. The lowest BCUT2D eigenvalue weighted by Crippen LogP contribution is -1.99. The Kier molecular flexibility index (Phi) is 2.69. The average molecular weight is 195 g/mol. The second-order valence-electron chi connectivity index (χ2n) is 2.85. The van der Waals surface area contributed by atoms with Crippen LogP contribution in [-0.2, 0) is 15.6 Å². The van der Waals surface area contributed by atoms with Gasteiger partial charge < -0.3 is 0 Å². The first-order valence-corrected chi connectivity index (χ1v) is 5.71. The van der Waals surface area contributed by atoms with Crippen molar-refractivity contribution in [2.45, 2.75) is 5.75 Å². The van der Waals surface area contributed by atoms with Crippen molar-refractivity contribution in [2.24, 2.45) is 0 Å². The normalized spacial score (nSPS) is 10.8. The first-order valence-electron chi connectivity index (χ1n) is 3.65. The third kappa shape index (κ3) is 3.26. The van der Waals surface area contributed by atoms with Gasteiger partial charge in [-0.15, -0.1) is 0 Å². The van der Waals surface area contributed by atoms with Gasteiger partial charge in [0.05, 0.1) is 12.3 Å². The highest BCUT2D eigenvalue weighted by Crippen LogP contribution is 2.13. The lowest BCUT2D eigenvalue weighted by atomic mass is 10.2. The molecule has 0 aliphatic heterocycles. The maximum Gasteiger partial charge on any atom is 0.187 e. The largest absolute Gasteiger partial charge is 0.238 e. The minimum atomic E-state index is -2.97. The van der Waals surface area contributed by atoms with Gasteiger partial charge in [-0.2, -0.15) is 0 Å². The van der Waals surface area contributed by atoms with Crippen molar-refractivity contribution in [3.8, 4) is 0 Å². The molecule has 13 heavy (non-hydrogen) atoms. The molecule has 0 N–H and O–H groups in total. The Hall–Kier alpha value is -1.34. The van der Waals surface area contributed by atoms with Crippen LogP contribution in [0.25, 0.3) is 4.85 Å². The molecule has 1 rings (SSSR count). The van der Waals surface area contributed by atoms with Crippen LogP contribution in [0.4, 0.5) is 5.69 Å². The topological polar surface area (TPSA) is 38.5 Å². The van der Waals surface area contributed by atoms with E-state index in [4.69, 9.17) is 6.57 Å². The fraction of sp³-hybridized carbons (Fsp3) is 0.222. The molecule has 0 unspecified atom stereocenters. The first kappa shape index (κ1) is 9.75. The van der Waals surface area contributed by atoms with Gasteiger partial charge in [-0.1, -0.05) is 24.3 Å². The Bertz CT molecular complexity index is 426. The van der Waals surface area contributed by atoms with E-state index in [1.807, 2.05) is 0 Å². The number of sulfone groups is 1. The molecule has 0 fully saturated rings. The number of hydrogen-bond donors (Lipinski definition) is 0. The van der Waals surface area contributed by atoms with Gasteiger partial charge >= 0.3 is 0 Å². The summed E-state index contributed by atoms with van der Waals surface area (Å²) in [6.07, 6.45) is 1.19. The lowest BCUT2D eigenvalue weighted by Gasteiger charge is -1.98. The summed E-state index contributed by atoms with van der Waals surface area (Å²) in [5.41, 5.74) is 1.24. The minimum absolute atomic E-state index is 0.0330. The van der Waals surface area contributed by atoms with Gasteiger partial charge in [-0.05, 0) is 5.56 Å². The summed E-state index contributed by atoms with van der Waals surface area (Å²) in [5, 5.41) is 0. The van der Waals surface area contributed by atoms with Crippen LogP contribution in [0.3, 0.4) is 0 Å². The average Bonchev–Trinajstić information content (AvgIpc) is 2.03. The van der Waals surface area contributed by atoms with E-state index in [0.717, 1.165) is 5.56 Å². The molecule has 0 heterocycles. The lowest BCUT2D eigenvalue weighted by molar-refractivity contribution is 0.601. The van der Waals surface area contributed by atoms with Gasteiger partial charge in [0, 0.05) is 6.26 Å². The van der Waals surface area contributed by atoms with E-state index in [-0.39, 0.29) is 5.75 Å². The van der Waals surface area contributed by atoms with Crippen LogP contribution in [0.1, 0.15) is 5.56 Å². The minimum Gasteiger partial charge on any atom is -0.238 e. The van der Waals surface area contributed by atoms with Gasteiger partial charge in [0.1, 0.15) is 0 Å². The van der Waals surface area contributed by atoms with Crippen LogP contribution >= 0.6 is 0 Å². The summed E-state index contributed by atoms with van der Waals surface area (Å²) in [6, 6.07) is 6.56. The van der Waals surface area contributed by atoms with E-state index in [2.05, 4.69) is 4.85 Å². The van der Waals surface area contributed by atoms with E-state index < -0.39 is 9.84 Å². The highest BCUT2D eigenvalue weighted by Gasteiger charge is 2.03. The standard InChI is InChI=1S/C9H9NO2S/c1-10-9-5-3-8(4-6-9)7-13(2,11)12/h3-6H,7H2,2H3. The maximum absolute atomic E-state index is 10.9. The summed E-state index contributed by atoms with van der Waals surface area (Å²) < 4.78 is 21.8. The molecule has 0 aromatic heterocycles. The Morgan fingerprint density at radius 3 is 2.23 bits per heavy atom. The van der Waals surface area contributed by atoms with Gasteiger partial charge in [0.15, 0.2) is 15.5 Å². The van der Waals surface area contributed by atoms with Crippen LogP contribution < -0.4 is 0 Å². The van der Waals surface area contributed by atoms with Crippen LogP contribution in [-0.4, -0.2) is 14.7 Å². The van der Waals surface area contributed by atoms with Crippen molar-refractivity contribution < 1.29 is 8.42 Å². The number of benzene rings is 1. The fourth-order valence-corrected chi connectivity index (χ4v) is 1.77. The predicted molar refractivity (Wildman–Crippen MR) is 51.3 cm³/mol. The highest BCUT2D eigenvalue weighted by atomic mass is 32.2. The molecule has 0 amide bonds. The smallest absolute Gasteiger partial charge is 0.187 e. The Morgan fingerprint density at radius 2 is 1.85 bits per heavy atom. The summed E-state index contributed by atoms with van der Waals surface area (Å²) in [7, 11) is -2.97. The predicted octanol–water partition coefficient (Wildman–Crippen LogP) is 1.78. The molecule has 0 atom stereocenters. The Morgan fingerprint density at radius 1 is 1.31 bits per heavy atom. The molecule has 0 saturated heterocycles. The van der Waals surface area contributed by atoms with Crippen LogP contribution in [0, 0.1) is 6.57 Å². The van der Waals surface area contributed by atoms with Gasteiger partial charge in [-0.3, -0.25) is 0 Å². The third-order valence-electron chi connectivity index (χ3n) is 1.49. The fourth-order valence-electron chi connectivity index (χ4n) is 0.969. The van der Waals surface area contributed by atoms with Gasteiger partial charge in [0.25, 0.3) is 0 Å². The number of nitrogens with zero attached hydrogens (tertiary/aromatic N) is 1. The van der Waals surface area contributed by atoms with Gasteiger partial charge in [0.2, 0.25) is 0 Å². The number of rotatable bonds is 2. The molecule has 68 valence electrons. The molecule has 0 saturated carbocycles. The molecule has 1 aromatic rings. The van der Waals surface area contributed by atoms with Crippen LogP contribution in [0.2, 0.25) is 0 Å². The summed E-state index contributed by atoms with van der Waals surface area (Å²) in [4.78, 5) is 3.21. The molecule has 0 aliphatic rings. The van der Waals surface area contributed by atoms with Crippen molar-refractivity contribution >= 4 is 15.5 Å². The second kappa shape index (κ2) is 3.58. The summed E-state index contributed by atoms with van der Waals surface area (Å²) >= 11 is 0. The summed E-state index contributed by atoms with van der Waals surface area (Å²) in [5.74, 6) is 0.0330. The quantitative estimate of drug-likeness (QED) is 0.675. The molecule has 0 bridgehead atoms.